The van der Waals surface area contributed by atoms with Gasteiger partial charge in [0, 0.05) is 5.92 Å². The van der Waals surface area contributed by atoms with Crippen molar-refractivity contribution in [3.05, 3.63) is 0 Å². The van der Waals surface area contributed by atoms with Crippen LogP contribution in [0.2, 0.25) is 0 Å². The van der Waals surface area contributed by atoms with Gasteiger partial charge in [-0.2, -0.15) is 0 Å². The number of rotatable bonds is 2. The van der Waals surface area contributed by atoms with Crippen LogP contribution in [0.1, 0.15) is 98.3 Å². The second-order valence-electron chi connectivity index (χ2n) is 10.8. The monoisotopic (exact) mass is 344 g/mol. The summed E-state index contributed by atoms with van der Waals surface area (Å²) in [5, 5.41) is 0. The Morgan fingerprint density at radius 1 is 1.00 bits per heavy atom. The van der Waals surface area contributed by atoms with Gasteiger partial charge in [0.1, 0.15) is 5.78 Å². The van der Waals surface area contributed by atoms with Crippen LogP contribution in [-0.2, 0) is 4.79 Å². The minimum Gasteiger partial charge on any atom is -0.300 e. The number of hydrogen-bond acceptors (Lipinski definition) is 1. The highest BCUT2D eigenvalue weighted by atomic mass is 16.1. The van der Waals surface area contributed by atoms with Crippen molar-refractivity contribution in [3.8, 4) is 0 Å². The SMILES string of the molecule is CCC12CCCC(C)CC1CCC1C3CCC(C(C)=O)C3(C)CCC12. The molecule has 4 saturated carbocycles. The van der Waals surface area contributed by atoms with E-state index in [-0.39, 0.29) is 0 Å². The van der Waals surface area contributed by atoms with E-state index < -0.39 is 0 Å². The van der Waals surface area contributed by atoms with E-state index in [1.807, 2.05) is 6.92 Å². The van der Waals surface area contributed by atoms with Crippen molar-refractivity contribution in [1.82, 2.24) is 0 Å². The van der Waals surface area contributed by atoms with E-state index >= 15 is 0 Å². The molecule has 0 aliphatic heterocycles. The third kappa shape index (κ3) is 2.58. The normalized spacial score (nSPS) is 52.6. The average molecular weight is 345 g/mol. The highest BCUT2D eigenvalue weighted by molar-refractivity contribution is 5.79. The van der Waals surface area contributed by atoms with Crippen molar-refractivity contribution in [2.75, 3.05) is 0 Å². The molecule has 0 spiro atoms. The summed E-state index contributed by atoms with van der Waals surface area (Å²) in [4.78, 5) is 12.3. The summed E-state index contributed by atoms with van der Waals surface area (Å²) in [5.41, 5.74) is 0.968. The predicted octanol–water partition coefficient (Wildman–Crippen LogP) is 6.65. The van der Waals surface area contributed by atoms with Crippen LogP contribution in [0.3, 0.4) is 0 Å². The lowest BCUT2D eigenvalue weighted by molar-refractivity contribution is -0.133. The van der Waals surface area contributed by atoms with Gasteiger partial charge in [-0.15, -0.1) is 0 Å². The van der Waals surface area contributed by atoms with Gasteiger partial charge in [-0.1, -0.05) is 33.6 Å². The zero-order valence-electron chi connectivity index (χ0n) is 17.2. The smallest absolute Gasteiger partial charge is 0.133 e. The Bertz CT molecular complexity index is 524. The second-order valence-corrected chi connectivity index (χ2v) is 10.8. The molecular formula is C24H40O. The molecule has 8 atom stereocenters. The first-order valence-electron chi connectivity index (χ1n) is 11.4. The minimum atomic E-state index is 0.326. The summed E-state index contributed by atoms with van der Waals surface area (Å²) in [5.74, 6) is 5.50. The number of ketones is 1. The van der Waals surface area contributed by atoms with Crippen LogP contribution in [0.5, 0.6) is 0 Å². The molecule has 4 aliphatic carbocycles. The quantitative estimate of drug-likeness (QED) is 0.548. The van der Waals surface area contributed by atoms with Gasteiger partial charge in [-0.05, 0) is 105 Å². The lowest BCUT2D eigenvalue weighted by atomic mass is 9.45. The topological polar surface area (TPSA) is 17.1 Å². The fraction of sp³-hybridized carbons (Fsp3) is 0.958. The molecule has 0 aromatic rings. The standard InChI is InChI=1S/C24H40O/c1-5-24-13-6-7-16(2)15-18(24)8-9-19-21-11-10-20(17(3)25)23(21,4)14-12-22(19)24/h16,18-22H,5-15H2,1-4H3. The third-order valence-corrected chi connectivity index (χ3v) is 10.0. The maximum Gasteiger partial charge on any atom is 0.133 e. The van der Waals surface area contributed by atoms with Crippen molar-refractivity contribution in [1.29, 1.82) is 0 Å². The van der Waals surface area contributed by atoms with Crippen molar-refractivity contribution in [2.45, 2.75) is 98.3 Å². The molecule has 8 unspecified atom stereocenters. The molecule has 0 heterocycles. The van der Waals surface area contributed by atoms with Crippen LogP contribution < -0.4 is 0 Å². The largest absolute Gasteiger partial charge is 0.300 e. The number of hydrogen-bond donors (Lipinski definition) is 0. The third-order valence-electron chi connectivity index (χ3n) is 10.0. The van der Waals surface area contributed by atoms with Gasteiger partial charge in [0.15, 0.2) is 0 Å². The molecule has 1 nitrogen and oxygen atoms in total. The van der Waals surface area contributed by atoms with Gasteiger partial charge in [0.2, 0.25) is 0 Å². The first kappa shape index (κ1) is 18.1. The van der Waals surface area contributed by atoms with Gasteiger partial charge >= 0.3 is 0 Å². The van der Waals surface area contributed by atoms with E-state index in [4.69, 9.17) is 0 Å². The minimum absolute atomic E-state index is 0.326. The summed E-state index contributed by atoms with van der Waals surface area (Å²) in [7, 11) is 0. The predicted molar refractivity (Wildman–Crippen MR) is 104 cm³/mol. The lowest BCUT2D eigenvalue weighted by Crippen LogP contribution is -2.53. The van der Waals surface area contributed by atoms with Gasteiger partial charge in [-0.3, -0.25) is 4.79 Å². The molecule has 4 fully saturated rings. The van der Waals surface area contributed by atoms with Crippen LogP contribution in [0.25, 0.3) is 0 Å². The Kier molecular flexibility index (Phi) is 4.61. The molecule has 0 bridgehead atoms. The molecule has 0 saturated heterocycles. The zero-order chi connectivity index (χ0) is 17.8. The lowest BCUT2D eigenvalue weighted by Gasteiger charge is -2.60. The maximum atomic E-state index is 12.3. The number of carbonyl (C=O) groups is 1. The van der Waals surface area contributed by atoms with E-state index in [1.165, 1.54) is 70.6 Å². The van der Waals surface area contributed by atoms with Crippen LogP contribution >= 0.6 is 0 Å². The fourth-order valence-corrected chi connectivity index (χ4v) is 8.91. The molecule has 0 aromatic carbocycles. The van der Waals surface area contributed by atoms with Crippen molar-refractivity contribution in [3.63, 3.8) is 0 Å². The van der Waals surface area contributed by atoms with Gasteiger partial charge in [-0.25, -0.2) is 0 Å². The summed E-state index contributed by atoms with van der Waals surface area (Å²) in [6, 6.07) is 0. The van der Waals surface area contributed by atoms with E-state index in [1.54, 1.807) is 0 Å². The van der Waals surface area contributed by atoms with Crippen molar-refractivity contribution >= 4 is 5.78 Å². The molecule has 0 amide bonds. The highest BCUT2D eigenvalue weighted by Crippen LogP contribution is 2.68. The Labute approximate surface area is 155 Å². The molecular weight excluding hydrogens is 304 g/mol. The molecule has 0 radical (unpaired) electrons. The summed E-state index contributed by atoms with van der Waals surface area (Å²) in [6.07, 6.45) is 15.5. The van der Waals surface area contributed by atoms with Crippen LogP contribution in [0, 0.1) is 46.3 Å². The molecule has 1 heteroatoms. The average Bonchev–Trinajstić information content (AvgIpc) is 2.84. The van der Waals surface area contributed by atoms with Crippen molar-refractivity contribution < 1.29 is 4.79 Å². The first-order valence-corrected chi connectivity index (χ1v) is 11.4. The van der Waals surface area contributed by atoms with Gasteiger partial charge in [0.05, 0.1) is 0 Å². The van der Waals surface area contributed by atoms with E-state index in [9.17, 15) is 4.79 Å². The van der Waals surface area contributed by atoms with Crippen LogP contribution in [0.15, 0.2) is 0 Å². The molecule has 25 heavy (non-hydrogen) atoms. The van der Waals surface area contributed by atoms with E-state index in [0.717, 1.165) is 29.6 Å². The molecule has 0 aromatic heterocycles. The summed E-state index contributed by atoms with van der Waals surface area (Å²) < 4.78 is 0. The number of carbonyl (C=O) groups excluding carboxylic acids is 1. The van der Waals surface area contributed by atoms with E-state index in [0.29, 0.717) is 22.5 Å². The molecule has 0 N–H and O–H groups in total. The van der Waals surface area contributed by atoms with Crippen LogP contribution in [0.4, 0.5) is 0 Å². The molecule has 4 rings (SSSR count). The van der Waals surface area contributed by atoms with E-state index in [2.05, 4.69) is 20.8 Å². The van der Waals surface area contributed by atoms with Gasteiger partial charge in [0.25, 0.3) is 0 Å². The first-order chi connectivity index (χ1) is 11.9. The van der Waals surface area contributed by atoms with Crippen LogP contribution in [-0.4, -0.2) is 5.78 Å². The van der Waals surface area contributed by atoms with Crippen molar-refractivity contribution in [2.24, 2.45) is 46.3 Å². The number of fused-ring (bicyclic) bond motifs is 5. The molecule has 142 valence electrons. The summed E-state index contributed by atoms with van der Waals surface area (Å²) in [6.45, 7) is 9.37. The summed E-state index contributed by atoms with van der Waals surface area (Å²) >= 11 is 0. The van der Waals surface area contributed by atoms with Gasteiger partial charge < -0.3 is 0 Å². The Morgan fingerprint density at radius 3 is 2.52 bits per heavy atom. The highest BCUT2D eigenvalue weighted by Gasteiger charge is 2.60. The Balaban J connectivity index is 1.65. The Hall–Kier alpha value is -0.330. The fourth-order valence-electron chi connectivity index (χ4n) is 8.91. The molecule has 4 aliphatic rings. The number of Topliss-reactive ketones (excluding diaryl/α,β-unsaturated/α-hetero) is 1. The Morgan fingerprint density at radius 2 is 1.80 bits per heavy atom. The maximum absolute atomic E-state index is 12.3. The zero-order valence-corrected chi connectivity index (χ0v) is 17.2. The second kappa shape index (κ2) is 6.38.